The minimum absolute atomic E-state index is 0.0459. The zero-order valence-electron chi connectivity index (χ0n) is 16.9. The van der Waals surface area contributed by atoms with Crippen LogP contribution in [0.4, 0.5) is 0 Å². The maximum Gasteiger partial charge on any atom is 0.258 e. The van der Waals surface area contributed by atoms with Crippen LogP contribution in [0.3, 0.4) is 0 Å². The molecular formula is C20H33BrN2O3. The molecule has 1 rings (SSSR count). The number of ether oxygens (including phenoxy) is 2. The Labute approximate surface area is 166 Å². The number of nitrogens with one attached hydrogen (secondary N) is 2. The Morgan fingerprint density at radius 1 is 1.19 bits per heavy atom. The van der Waals surface area contributed by atoms with Crippen molar-refractivity contribution in [3.8, 4) is 11.5 Å². The van der Waals surface area contributed by atoms with Crippen molar-refractivity contribution in [2.24, 2.45) is 5.92 Å². The SMILES string of the molecule is CCOc1cc(CNCCC(C)C)c(Br)cc1OCC(=O)NC(C)(C)C. The molecule has 0 aliphatic heterocycles. The number of carbonyl (C=O) groups excluding carboxylic acids is 1. The standard InChI is InChI=1S/C20H33BrN2O3/c1-7-25-17-10-15(12-22-9-8-14(2)3)16(21)11-18(17)26-13-19(24)23-20(4,5)6/h10-11,14,22H,7-9,12-13H2,1-6H3,(H,23,24). The zero-order valence-corrected chi connectivity index (χ0v) is 18.5. The highest BCUT2D eigenvalue weighted by Gasteiger charge is 2.16. The molecule has 0 fully saturated rings. The molecule has 0 saturated heterocycles. The molecule has 0 bridgehead atoms. The van der Waals surface area contributed by atoms with Crippen LogP contribution in [0.1, 0.15) is 53.5 Å². The fourth-order valence-electron chi connectivity index (χ4n) is 2.31. The monoisotopic (exact) mass is 428 g/mol. The van der Waals surface area contributed by atoms with Gasteiger partial charge in [0.1, 0.15) is 0 Å². The van der Waals surface area contributed by atoms with Crippen LogP contribution >= 0.6 is 15.9 Å². The first-order valence-corrected chi connectivity index (χ1v) is 10.0. The highest BCUT2D eigenvalue weighted by molar-refractivity contribution is 9.10. The van der Waals surface area contributed by atoms with Crippen LogP contribution < -0.4 is 20.1 Å². The second kappa shape index (κ2) is 10.8. The van der Waals surface area contributed by atoms with Crippen LogP contribution in [-0.2, 0) is 11.3 Å². The van der Waals surface area contributed by atoms with Crippen molar-refractivity contribution < 1.29 is 14.3 Å². The van der Waals surface area contributed by atoms with E-state index >= 15 is 0 Å². The molecule has 0 aromatic heterocycles. The van der Waals surface area contributed by atoms with Gasteiger partial charge in [-0.05, 0) is 64.3 Å². The zero-order chi connectivity index (χ0) is 19.7. The van der Waals surface area contributed by atoms with Crippen LogP contribution in [-0.4, -0.2) is 31.2 Å². The molecule has 6 heteroatoms. The van der Waals surface area contributed by atoms with Gasteiger partial charge >= 0.3 is 0 Å². The Morgan fingerprint density at radius 3 is 2.42 bits per heavy atom. The molecule has 0 atom stereocenters. The van der Waals surface area contributed by atoms with E-state index in [1.54, 1.807) is 0 Å². The third kappa shape index (κ3) is 8.90. The summed E-state index contributed by atoms with van der Waals surface area (Å²) in [6.07, 6.45) is 1.14. The van der Waals surface area contributed by atoms with E-state index < -0.39 is 0 Å². The molecule has 2 N–H and O–H groups in total. The van der Waals surface area contributed by atoms with Gasteiger partial charge in [0.2, 0.25) is 0 Å². The maximum absolute atomic E-state index is 12.0. The van der Waals surface area contributed by atoms with E-state index in [0.29, 0.717) is 24.0 Å². The van der Waals surface area contributed by atoms with Crippen molar-refractivity contribution >= 4 is 21.8 Å². The number of benzene rings is 1. The van der Waals surface area contributed by atoms with Crippen molar-refractivity contribution in [2.75, 3.05) is 19.8 Å². The van der Waals surface area contributed by atoms with Gasteiger partial charge in [-0.2, -0.15) is 0 Å². The molecule has 0 heterocycles. The van der Waals surface area contributed by atoms with Gasteiger partial charge in [-0.15, -0.1) is 0 Å². The lowest BCUT2D eigenvalue weighted by atomic mass is 10.1. The number of carbonyl (C=O) groups is 1. The highest BCUT2D eigenvalue weighted by Crippen LogP contribution is 2.34. The molecule has 0 unspecified atom stereocenters. The summed E-state index contributed by atoms with van der Waals surface area (Å²) in [4.78, 5) is 12.0. The van der Waals surface area contributed by atoms with Gasteiger partial charge in [0.05, 0.1) is 6.61 Å². The summed E-state index contributed by atoms with van der Waals surface area (Å²) in [7, 11) is 0. The van der Waals surface area contributed by atoms with Crippen LogP contribution in [0.2, 0.25) is 0 Å². The van der Waals surface area contributed by atoms with Crippen LogP contribution in [0.15, 0.2) is 16.6 Å². The van der Waals surface area contributed by atoms with Gasteiger partial charge in [0, 0.05) is 16.6 Å². The first-order chi connectivity index (χ1) is 12.1. The number of hydrogen-bond acceptors (Lipinski definition) is 4. The van der Waals surface area contributed by atoms with Gasteiger partial charge in [-0.25, -0.2) is 0 Å². The fourth-order valence-corrected chi connectivity index (χ4v) is 2.77. The summed E-state index contributed by atoms with van der Waals surface area (Å²) in [6, 6.07) is 3.84. The molecular weight excluding hydrogens is 396 g/mol. The third-order valence-corrected chi connectivity index (χ3v) is 4.24. The van der Waals surface area contributed by atoms with E-state index in [4.69, 9.17) is 9.47 Å². The summed E-state index contributed by atoms with van der Waals surface area (Å²) < 4.78 is 12.3. The van der Waals surface area contributed by atoms with Crippen molar-refractivity contribution in [3.63, 3.8) is 0 Å². The van der Waals surface area contributed by atoms with Gasteiger partial charge in [0.15, 0.2) is 18.1 Å². The van der Waals surface area contributed by atoms with E-state index in [1.807, 2.05) is 39.8 Å². The maximum atomic E-state index is 12.0. The average Bonchev–Trinajstić information content (AvgIpc) is 2.50. The second-order valence-electron chi connectivity index (χ2n) is 7.77. The lowest BCUT2D eigenvalue weighted by Crippen LogP contribution is -2.43. The molecule has 0 saturated carbocycles. The summed E-state index contributed by atoms with van der Waals surface area (Å²) in [5.74, 6) is 1.74. The molecule has 148 valence electrons. The van der Waals surface area contributed by atoms with Crippen molar-refractivity contribution in [2.45, 2.75) is 60.0 Å². The summed E-state index contributed by atoms with van der Waals surface area (Å²) in [5, 5.41) is 6.33. The molecule has 1 aromatic rings. The fraction of sp³-hybridized carbons (Fsp3) is 0.650. The molecule has 0 aliphatic carbocycles. The lowest BCUT2D eigenvalue weighted by molar-refractivity contribution is -0.124. The predicted molar refractivity (Wildman–Crippen MR) is 110 cm³/mol. The van der Waals surface area contributed by atoms with Gasteiger partial charge in [-0.1, -0.05) is 29.8 Å². The van der Waals surface area contributed by atoms with E-state index in [0.717, 1.165) is 29.5 Å². The molecule has 0 spiro atoms. The Hall–Kier alpha value is -1.27. The average molecular weight is 429 g/mol. The largest absolute Gasteiger partial charge is 0.490 e. The number of rotatable bonds is 10. The Bertz CT molecular complexity index is 583. The normalized spacial score (nSPS) is 11.5. The predicted octanol–water partition coefficient (Wildman–Crippen LogP) is 4.28. The first-order valence-electron chi connectivity index (χ1n) is 9.22. The minimum atomic E-state index is -0.282. The summed E-state index contributed by atoms with van der Waals surface area (Å²) >= 11 is 3.59. The van der Waals surface area contributed by atoms with E-state index in [2.05, 4.69) is 40.4 Å². The Kier molecular flexibility index (Phi) is 9.44. The minimum Gasteiger partial charge on any atom is -0.490 e. The molecule has 26 heavy (non-hydrogen) atoms. The molecule has 1 aromatic carbocycles. The van der Waals surface area contributed by atoms with Crippen molar-refractivity contribution in [1.82, 2.24) is 10.6 Å². The van der Waals surface area contributed by atoms with Gasteiger partial charge < -0.3 is 20.1 Å². The number of amides is 1. The summed E-state index contributed by atoms with van der Waals surface area (Å²) in [5.41, 5.74) is 0.818. The van der Waals surface area contributed by atoms with Crippen molar-refractivity contribution in [1.29, 1.82) is 0 Å². The quantitative estimate of drug-likeness (QED) is 0.546. The lowest BCUT2D eigenvalue weighted by Gasteiger charge is -2.21. The highest BCUT2D eigenvalue weighted by atomic mass is 79.9. The third-order valence-electron chi connectivity index (χ3n) is 3.50. The van der Waals surface area contributed by atoms with E-state index in [1.165, 1.54) is 0 Å². The van der Waals surface area contributed by atoms with Crippen LogP contribution in [0, 0.1) is 5.92 Å². The van der Waals surface area contributed by atoms with E-state index in [9.17, 15) is 4.79 Å². The number of halogens is 1. The topological polar surface area (TPSA) is 59.6 Å². The summed E-state index contributed by atoms with van der Waals surface area (Å²) in [6.45, 7) is 14.4. The van der Waals surface area contributed by atoms with Gasteiger partial charge in [0.25, 0.3) is 5.91 Å². The Balaban J connectivity index is 2.76. The number of hydrogen-bond donors (Lipinski definition) is 2. The molecule has 1 amide bonds. The molecule has 5 nitrogen and oxygen atoms in total. The van der Waals surface area contributed by atoms with Crippen molar-refractivity contribution in [3.05, 3.63) is 22.2 Å². The van der Waals surface area contributed by atoms with Crippen LogP contribution in [0.25, 0.3) is 0 Å². The molecule has 0 aliphatic rings. The van der Waals surface area contributed by atoms with Crippen LogP contribution in [0.5, 0.6) is 11.5 Å². The molecule has 0 radical (unpaired) electrons. The van der Waals surface area contributed by atoms with E-state index in [-0.39, 0.29) is 18.1 Å². The first kappa shape index (κ1) is 22.8. The second-order valence-corrected chi connectivity index (χ2v) is 8.62. The Morgan fingerprint density at radius 2 is 1.85 bits per heavy atom. The van der Waals surface area contributed by atoms with Gasteiger partial charge in [-0.3, -0.25) is 4.79 Å². The smallest absolute Gasteiger partial charge is 0.258 e.